The van der Waals surface area contributed by atoms with Crippen LogP contribution in [0.5, 0.6) is 0 Å². The van der Waals surface area contributed by atoms with Gasteiger partial charge in [0, 0.05) is 26.1 Å². The van der Waals surface area contributed by atoms with Crippen molar-refractivity contribution < 1.29 is 4.74 Å². The maximum absolute atomic E-state index is 12.0. The summed E-state index contributed by atoms with van der Waals surface area (Å²) in [6, 6.07) is 0. The van der Waals surface area contributed by atoms with E-state index in [1.54, 1.807) is 6.26 Å². The molecule has 19 heavy (non-hydrogen) atoms. The average molecular weight is 261 g/mol. The maximum atomic E-state index is 12.0. The molecule has 0 saturated carbocycles. The van der Waals surface area contributed by atoms with Crippen LogP contribution in [0.25, 0.3) is 0 Å². The summed E-state index contributed by atoms with van der Waals surface area (Å²) in [4.78, 5) is 21.5. The normalized spacial score (nSPS) is 22.9. The fourth-order valence-corrected chi connectivity index (χ4v) is 2.77. The van der Waals surface area contributed by atoms with Gasteiger partial charge in [-0.3, -0.25) is 9.69 Å². The SMILES string of the molecule is Cc1nc2c(c(=O)[nH]1)CN(C[C@@H]1CCC=CO1)CC2. The van der Waals surface area contributed by atoms with Gasteiger partial charge in [-0.1, -0.05) is 0 Å². The van der Waals surface area contributed by atoms with Crippen molar-refractivity contribution in [3.63, 3.8) is 0 Å². The van der Waals surface area contributed by atoms with E-state index in [0.717, 1.165) is 43.6 Å². The van der Waals surface area contributed by atoms with E-state index in [1.165, 1.54) is 0 Å². The summed E-state index contributed by atoms with van der Waals surface area (Å²) in [6.07, 6.45) is 7.09. The molecule has 1 aromatic heterocycles. The predicted octanol–water partition coefficient (Wildman–Crippen LogP) is 1.13. The molecule has 2 aliphatic rings. The number of H-pyrrole nitrogens is 1. The summed E-state index contributed by atoms with van der Waals surface area (Å²) >= 11 is 0. The van der Waals surface area contributed by atoms with Crippen molar-refractivity contribution in [3.8, 4) is 0 Å². The monoisotopic (exact) mass is 261 g/mol. The minimum absolute atomic E-state index is 0.0108. The van der Waals surface area contributed by atoms with Crippen molar-refractivity contribution in [2.75, 3.05) is 13.1 Å². The van der Waals surface area contributed by atoms with Crippen molar-refractivity contribution in [1.29, 1.82) is 0 Å². The Labute approximate surface area is 112 Å². The van der Waals surface area contributed by atoms with Crippen LogP contribution < -0.4 is 5.56 Å². The first-order valence-electron chi connectivity index (χ1n) is 6.84. The standard InChI is InChI=1S/C14H19N3O2/c1-10-15-13-5-6-17(9-12(13)14(18)16-10)8-11-4-2-3-7-19-11/h3,7,11H,2,4-6,8-9H2,1H3,(H,15,16,18)/t11-/m0/s1. The molecular weight excluding hydrogens is 242 g/mol. The number of hydrogen-bond donors (Lipinski definition) is 1. The first-order valence-corrected chi connectivity index (χ1v) is 6.84. The first kappa shape index (κ1) is 12.4. The second kappa shape index (κ2) is 5.17. The van der Waals surface area contributed by atoms with Crippen LogP contribution in [0.2, 0.25) is 0 Å². The average Bonchev–Trinajstić information content (AvgIpc) is 2.40. The summed E-state index contributed by atoms with van der Waals surface area (Å²) in [5.74, 6) is 0.706. The molecule has 0 fully saturated rings. The Balaban J connectivity index is 1.71. The summed E-state index contributed by atoms with van der Waals surface area (Å²) in [7, 11) is 0. The summed E-state index contributed by atoms with van der Waals surface area (Å²) in [5.41, 5.74) is 1.79. The Hall–Kier alpha value is -1.62. The van der Waals surface area contributed by atoms with Crippen molar-refractivity contribution in [3.05, 3.63) is 39.8 Å². The number of aromatic nitrogens is 2. The number of nitrogens with zero attached hydrogens (tertiary/aromatic N) is 2. The fourth-order valence-electron chi connectivity index (χ4n) is 2.77. The number of allylic oxidation sites excluding steroid dienone is 1. The minimum Gasteiger partial charge on any atom is -0.497 e. The van der Waals surface area contributed by atoms with Crippen LogP contribution in [0.1, 0.15) is 29.9 Å². The largest absolute Gasteiger partial charge is 0.497 e. The number of fused-ring (bicyclic) bond motifs is 1. The molecule has 5 nitrogen and oxygen atoms in total. The molecule has 0 amide bonds. The van der Waals surface area contributed by atoms with Crippen LogP contribution in [0.3, 0.4) is 0 Å². The smallest absolute Gasteiger partial charge is 0.255 e. The van der Waals surface area contributed by atoms with Crippen molar-refractivity contribution in [2.24, 2.45) is 0 Å². The zero-order valence-corrected chi connectivity index (χ0v) is 11.2. The number of nitrogens with one attached hydrogen (secondary N) is 1. The van der Waals surface area contributed by atoms with Gasteiger partial charge in [-0.2, -0.15) is 0 Å². The highest BCUT2D eigenvalue weighted by molar-refractivity contribution is 5.20. The molecule has 0 saturated heterocycles. The number of ether oxygens (including phenoxy) is 1. The number of rotatable bonds is 2. The van der Waals surface area contributed by atoms with Gasteiger partial charge in [0.05, 0.1) is 17.5 Å². The van der Waals surface area contributed by atoms with Gasteiger partial charge in [0.15, 0.2) is 0 Å². The second-order valence-corrected chi connectivity index (χ2v) is 5.27. The molecule has 2 aliphatic heterocycles. The van der Waals surface area contributed by atoms with E-state index in [0.29, 0.717) is 12.4 Å². The summed E-state index contributed by atoms with van der Waals surface area (Å²) in [5, 5.41) is 0. The molecule has 1 atom stereocenters. The van der Waals surface area contributed by atoms with E-state index in [-0.39, 0.29) is 11.7 Å². The molecule has 0 spiro atoms. The third-order valence-corrected chi connectivity index (χ3v) is 3.75. The number of hydrogen-bond acceptors (Lipinski definition) is 4. The Kier molecular flexibility index (Phi) is 3.38. The van der Waals surface area contributed by atoms with Crippen molar-refractivity contribution in [1.82, 2.24) is 14.9 Å². The molecule has 0 bridgehead atoms. The fraction of sp³-hybridized carbons (Fsp3) is 0.571. The lowest BCUT2D eigenvalue weighted by molar-refractivity contribution is 0.0732. The topological polar surface area (TPSA) is 58.2 Å². The molecule has 0 aromatic carbocycles. The third-order valence-electron chi connectivity index (χ3n) is 3.75. The Morgan fingerprint density at radius 3 is 3.26 bits per heavy atom. The Morgan fingerprint density at radius 2 is 2.47 bits per heavy atom. The van der Waals surface area contributed by atoms with Gasteiger partial charge in [0.2, 0.25) is 0 Å². The zero-order chi connectivity index (χ0) is 13.2. The lowest BCUT2D eigenvalue weighted by Gasteiger charge is -2.31. The van der Waals surface area contributed by atoms with Crippen LogP contribution >= 0.6 is 0 Å². The van der Waals surface area contributed by atoms with E-state index in [9.17, 15) is 4.79 Å². The molecule has 3 rings (SSSR count). The highest BCUT2D eigenvalue weighted by Gasteiger charge is 2.23. The highest BCUT2D eigenvalue weighted by atomic mass is 16.5. The number of aromatic amines is 1. The zero-order valence-electron chi connectivity index (χ0n) is 11.2. The van der Waals surface area contributed by atoms with Gasteiger partial charge in [0.1, 0.15) is 11.9 Å². The van der Waals surface area contributed by atoms with Gasteiger partial charge in [0.25, 0.3) is 5.56 Å². The molecule has 1 N–H and O–H groups in total. The third kappa shape index (κ3) is 2.71. The van der Waals surface area contributed by atoms with E-state index in [2.05, 4.69) is 20.9 Å². The highest BCUT2D eigenvalue weighted by Crippen LogP contribution is 2.17. The predicted molar refractivity (Wildman–Crippen MR) is 71.8 cm³/mol. The maximum Gasteiger partial charge on any atom is 0.255 e. The molecule has 0 radical (unpaired) electrons. The van der Waals surface area contributed by atoms with Crippen LogP contribution in [0.15, 0.2) is 17.1 Å². The van der Waals surface area contributed by atoms with E-state index in [1.807, 2.05) is 6.92 Å². The summed E-state index contributed by atoms with van der Waals surface area (Å²) in [6.45, 7) is 4.35. The summed E-state index contributed by atoms with van der Waals surface area (Å²) < 4.78 is 5.59. The number of aryl methyl sites for hydroxylation is 1. The molecule has 102 valence electrons. The van der Waals surface area contributed by atoms with Gasteiger partial charge >= 0.3 is 0 Å². The molecule has 0 aliphatic carbocycles. The Bertz CT molecular complexity index is 550. The van der Waals surface area contributed by atoms with Crippen molar-refractivity contribution >= 4 is 0 Å². The van der Waals surface area contributed by atoms with Gasteiger partial charge in [-0.05, 0) is 25.8 Å². The van der Waals surface area contributed by atoms with Gasteiger partial charge < -0.3 is 9.72 Å². The molecule has 1 aromatic rings. The van der Waals surface area contributed by atoms with Gasteiger partial charge in [-0.15, -0.1) is 0 Å². The molecular formula is C14H19N3O2. The van der Waals surface area contributed by atoms with E-state index < -0.39 is 0 Å². The quantitative estimate of drug-likeness (QED) is 0.867. The minimum atomic E-state index is 0.0108. The van der Waals surface area contributed by atoms with Gasteiger partial charge in [-0.25, -0.2) is 4.98 Å². The van der Waals surface area contributed by atoms with Crippen molar-refractivity contribution in [2.45, 2.75) is 38.8 Å². The van der Waals surface area contributed by atoms with Crippen LogP contribution in [-0.2, 0) is 17.7 Å². The lowest BCUT2D eigenvalue weighted by Crippen LogP contribution is -2.40. The second-order valence-electron chi connectivity index (χ2n) is 5.27. The van der Waals surface area contributed by atoms with Crippen LogP contribution in [0, 0.1) is 6.92 Å². The first-order chi connectivity index (χ1) is 9.22. The molecule has 0 unspecified atom stereocenters. The van der Waals surface area contributed by atoms with E-state index >= 15 is 0 Å². The van der Waals surface area contributed by atoms with E-state index in [4.69, 9.17) is 4.74 Å². The Morgan fingerprint density at radius 1 is 1.58 bits per heavy atom. The lowest BCUT2D eigenvalue weighted by atomic mass is 10.1. The van der Waals surface area contributed by atoms with Crippen LogP contribution in [0.4, 0.5) is 0 Å². The molecule has 5 heteroatoms. The van der Waals surface area contributed by atoms with Crippen LogP contribution in [-0.4, -0.2) is 34.1 Å². The molecule has 3 heterocycles.